The van der Waals surface area contributed by atoms with Crippen molar-refractivity contribution in [2.45, 2.75) is 6.92 Å². The molecule has 1 heterocycles. The monoisotopic (exact) mass is 249 g/mol. The molecule has 0 saturated carbocycles. The number of fused-ring (bicyclic) bond motifs is 1. The van der Waals surface area contributed by atoms with Crippen molar-refractivity contribution in [3.8, 4) is 0 Å². The minimum absolute atomic E-state index is 0.0136. The van der Waals surface area contributed by atoms with Gasteiger partial charge in [0.1, 0.15) is 0 Å². The van der Waals surface area contributed by atoms with Gasteiger partial charge in [-0.25, -0.2) is 0 Å². The van der Waals surface area contributed by atoms with Crippen LogP contribution in [0.15, 0.2) is 18.2 Å². The van der Waals surface area contributed by atoms with Crippen LogP contribution in [0, 0.1) is 0 Å². The molecule has 1 aromatic rings. The van der Waals surface area contributed by atoms with E-state index in [0.29, 0.717) is 18.7 Å². The summed E-state index contributed by atoms with van der Waals surface area (Å²) in [6.07, 6.45) is 0. The van der Waals surface area contributed by atoms with Gasteiger partial charge >= 0.3 is 0 Å². The van der Waals surface area contributed by atoms with E-state index in [9.17, 15) is 4.79 Å². The molecule has 0 radical (unpaired) electrons. The molecule has 0 unspecified atom stereocenters. The Balaban J connectivity index is 2.29. The van der Waals surface area contributed by atoms with E-state index in [-0.39, 0.29) is 12.5 Å². The Morgan fingerprint density at radius 1 is 1.39 bits per heavy atom. The highest BCUT2D eigenvalue weighted by molar-refractivity contribution is 6.02. The van der Waals surface area contributed by atoms with Crippen LogP contribution >= 0.6 is 0 Å². The number of nitrogens with zero attached hydrogens (tertiary/aromatic N) is 1. The second-order valence-electron chi connectivity index (χ2n) is 4.19. The van der Waals surface area contributed by atoms with Crippen LogP contribution in [0.25, 0.3) is 0 Å². The minimum Gasteiger partial charge on any atom is -0.395 e. The molecule has 2 rings (SSSR count). The third kappa shape index (κ3) is 2.41. The number of aliphatic hydroxyl groups excluding tert-OH is 1. The third-order valence-electron chi connectivity index (χ3n) is 3.08. The first-order valence-corrected chi connectivity index (χ1v) is 6.28. The molecule has 1 amide bonds. The zero-order valence-electron chi connectivity index (χ0n) is 10.6. The SMILES string of the molecule is CCN(CCO)C(=O)c1cccc2c1NCCN2. The lowest BCUT2D eigenvalue weighted by Gasteiger charge is -2.25. The molecule has 18 heavy (non-hydrogen) atoms. The highest BCUT2D eigenvalue weighted by Crippen LogP contribution is 2.29. The standard InChI is InChI=1S/C13H19N3O2/c1-2-16(8-9-17)13(18)10-4-3-5-11-12(10)15-7-6-14-11/h3-5,14-15,17H,2,6-9H2,1H3. The van der Waals surface area contributed by atoms with Crippen molar-refractivity contribution < 1.29 is 9.90 Å². The van der Waals surface area contributed by atoms with Crippen LogP contribution in [0.1, 0.15) is 17.3 Å². The van der Waals surface area contributed by atoms with E-state index in [0.717, 1.165) is 24.5 Å². The first kappa shape index (κ1) is 12.7. The van der Waals surface area contributed by atoms with Crippen LogP contribution in [0.3, 0.4) is 0 Å². The summed E-state index contributed by atoms with van der Waals surface area (Å²) in [5, 5.41) is 15.5. The molecule has 0 aromatic heterocycles. The molecule has 3 N–H and O–H groups in total. The largest absolute Gasteiger partial charge is 0.395 e. The normalized spacial score (nSPS) is 13.2. The summed E-state index contributed by atoms with van der Waals surface area (Å²) < 4.78 is 0. The molecule has 98 valence electrons. The van der Waals surface area contributed by atoms with E-state index in [1.165, 1.54) is 0 Å². The zero-order chi connectivity index (χ0) is 13.0. The molecule has 1 aliphatic rings. The lowest BCUT2D eigenvalue weighted by atomic mass is 10.1. The molecule has 0 fully saturated rings. The van der Waals surface area contributed by atoms with Gasteiger partial charge in [0.15, 0.2) is 0 Å². The van der Waals surface area contributed by atoms with Crippen molar-refractivity contribution >= 4 is 17.3 Å². The molecule has 5 nitrogen and oxygen atoms in total. The number of para-hydroxylation sites is 1. The van der Waals surface area contributed by atoms with Gasteiger partial charge in [0.05, 0.1) is 23.5 Å². The summed E-state index contributed by atoms with van der Waals surface area (Å²) >= 11 is 0. The fourth-order valence-corrected chi connectivity index (χ4v) is 2.15. The minimum atomic E-state index is -0.0420. The van der Waals surface area contributed by atoms with Gasteiger partial charge in [-0.15, -0.1) is 0 Å². The number of hydrogen-bond donors (Lipinski definition) is 3. The molecule has 0 aliphatic carbocycles. The van der Waals surface area contributed by atoms with Gasteiger partial charge in [-0.2, -0.15) is 0 Å². The molecule has 0 saturated heterocycles. The lowest BCUT2D eigenvalue weighted by molar-refractivity contribution is 0.0733. The van der Waals surface area contributed by atoms with E-state index in [4.69, 9.17) is 5.11 Å². The molecule has 5 heteroatoms. The molecular formula is C13H19N3O2. The van der Waals surface area contributed by atoms with Crippen LogP contribution in [0.2, 0.25) is 0 Å². The predicted molar refractivity (Wildman–Crippen MR) is 72.1 cm³/mol. The van der Waals surface area contributed by atoms with Crippen molar-refractivity contribution in [3.63, 3.8) is 0 Å². The first-order chi connectivity index (χ1) is 8.77. The van der Waals surface area contributed by atoms with Gasteiger partial charge in [0.25, 0.3) is 5.91 Å². The number of hydrogen-bond acceptors (Lipinski definition) is 4. The number of benzene rings is 1. The fraction of sp³-hybridized carbons (Fsp3) is 0.462. The third-order valence-corrected chi connectivity index (χ3v) is 3.08. The highest BCUT2D eigenvalue weighted by atomic mass is 16.3. The summed E-state index contributed by atoms with van der Waals surface area (Å²) in [6.45, 7) is 4.53. The Kier molecular flexibility index (Phi) is 4.04. The number of nitrogens with one attached hydrogen (secondary N) is 2. The van der Waals surface area contributed by atoms with E-state index >= 15 is 0 Å². The average Bonchev–Trinajstić information content (AvgIpc) is 2.43. The number of anilines is 2. The van der Waals surface area contributed by atoms with E-state index in [1.807, 2.05) is 25.1 Å². The number of carbonyl (C=O) groups excluding carboxylic acids is 1. The Morgan fingerprint density at radius 2 is 2.17 bits per heavy atom. The highest BCUT2D eigenvalue weighted by Gasteiger charge is 2.20. The Bertz CT molecular complexity index is 434. The average molecular weight is 249 g/mol. The molecule has 0 atom stereocenters. The maximum Gasteiger partial charge on any atom is 0.256 e. The number of aliphatic hydroxyl groups is 1. The van der Waals surface area contributed by atoms with Crippen molar-refractivity contribution in [2.24, 2.45) is 0 Å². The Morgan fingerprint density at radius 3 is 2.89 bits per heavy atom. The molecule has 1 aromatic carbocycles. The topological polar surface area (TPSA) is 64.6 Å². The second kappa shape index (κ2) is 5.73. The van der Waals surface area contributed by atoms with Gasteiger partial charge in [0, 0.05) is 26.2 Å². The lowest BCUT2D eigenvalue weighted by Crippen LogP contribution is -2.34. The number of rotatable bonds is 4. The van der Waals surface area contributed by atoms with E-state index in [2.05, 4.69) is 10.6 Å². The van der Waals surface area contributed by atoms with Gasteiger partial charge < -0.3 is 20.6 Å². The molecule has 1 aliphatic heterocycles. The van der Waals surface area contributed by atoms with Crippen LogP contribution in [0.5, 0.6) is 0 Å². The van der Waals surface area contributed by atoms with Crippen molar-refractivity contribution in [3.05, 3.63) is 23.8 Å². The zero-order valence-corrected chi connectivity index (χ0v) is 10.6. The van der Waals surface area contributed by atoms with Crippen molar-refractivity contribution in [2.75, 3.05) is 43.4 Å². The molecule has 0 bridgehead atoms. The second-order valence-corrected chi connectivity index (χ2v) is 4.19. The predicted octanol–water partition coefficient (Wildman–Crippen LogP) is 0.978. The summed E-state index contributed by atoms with van der Waals surface area (Å²) in [6, 6.07) is 5.65. The smallest absolute Gasteiger partial charge is 0.256 e. The fourth-order valence-electron chi connectivity index (χ4n) is 2.15. The summed E-state index contributed by atoms with van der Waals surface area (Å²) in [7, 11) is 0. The molecular weight excluding hydrogens is 230 g/mol. The van der Waals surface area contributed by atoms with E-state index in [1.54, 1.807) is 4.90 Å². The first-order valence-electron chi connectivity index (χ1n) is 6.28. The number of carbonyl (C=O) groups is 1. The number of likely N-dealkylation sites (N-methyl/N-ethyl adjacent to an activating group) is 1. The van der Waals surface area contributed by atoms with Crippen molar-refractivity contribution in [1.29, 1.82) is 0 Å². The van der Waals surface area contributed by atoms with Crippen LogP contribution in [-0.4, -0.2) is 48.7 Å². The van der Waals surface area contributed by atoms with Gasteiger partial charge in [-0.3, -0.25) is 4.79 Å². The Labute approximate surface area is 107 Å². The van der Waals surface area contributed by atoms with Crippen molar-refractivity contribution in [1.82, 2.24) is 4.90 Å². The summed E-state index contributed by atoms with van der Waals surface area (Å²) in [5.74, 6) is -0.0420. The van der Waals surface area contributed by atoms with Gasteiger partial charge in [0.2, 0.25) is 0 Å². The summed E-state index contributed by atoms with van der Waals surface area (Å²) in [5.41, 5.74) is 2.49. The number of amides is 1. The Hall–Kier alpha value is -1.75. The van der Waals surface area contributed by atoms with Gasteiger partial charge in [-0.05, 0) is 19.1 Å². The quantitative estimate of drug-likeness (QED) is 0.744. The molecule has 0 spiro atoms. The van der Waals surface area contributed by atoms with Gasteiger partial charge in [-0.1, -0.05) is 6.07 Å². The van der Waals surface area contributed by atoms with Crippen LogP contribution < -0.4 is 10.6 Å². The van der Waals surface area contributed by atoms with Crippen LogP contribution in [-0.2, 0) is 0 Å². The van der Waals surface area contributed by atoms with Crippen LogP contribution in [0.4, 0.5) is 11.4 Å². The maximum atomic E-state index is 12.4. The van der Waals surface area contributed by atoms with E-state index < -0.39 is 0 Å². The summed E-state index contributed by atoms with van der Waals surface area (Å²) in [4.78, 5) is 14.0. The maximum absolute atomic E-state index is 12.4.